The van der Waals surface area contributed by atoms with Crippen molar-refractivity contribution < 1.29 is 0 Å². The Labute approximate surface area is 44.6 Å². The van der Waals surface area contributed by atoms with Crippen LogP contribution in [0.15, 0.2) is 11.6 Å². The number of hydrogen-bond donors (Lipinski definition) is 0. The monoisotopic (exact) mass is 97.1 g/mol. The average molecular weight is 97.2 g/mol. The molecule has 1 nitrogen and oxygen atoms in total. The Morgan fingerprint density at radius 2 is 2.29 bits per heavy atom. The number of nitrogens with zero attached hydrogens (tertiary/aromatic N) is 1. The minimum Gasteiger partial charge on any atom is -0.305 e. The Morgan fingerprint density at radius 1 is 1.71 bits per heavy atom. The molecule has 0 saturated heterocycles. The van der Waals surface area contributed by atoms with E-state index < -0.39 is 0 Å². The smallest absolute Gasteiger partial charge is 0.0189 e. The van der Waals surface area contributed by atoms with Crippen molar-refractivity contribution in [1.29, 1.82) is 0 Å². The lowest BCUT2D eigenvalue weighted by Crippen LogP contribution is -2.11. The highest BCUT2D eigenvalue weighted by Crippen LogP contribution is 2.17. The first-order valence-electron chi connectivity index (χ1n) is 2.61. The van der Waals surface area contributed by atoms with Crippen LogP contribution in [0.3, 0.4) is 0 Å². The van der Waals surface area contributed by atoms with Crippen LogP contribution in [0.2, 0.25) is 0 Å². The van der Waals surface area contributed by atoms with Gasteiger partial charge in [0.25, 0.3) is 0 Å². The summed E-state index contributed by atoms with van der Waals surface area (Å²) in [6.45, 7) is 1.17. The maximum atomic E-state index is 2.26. The quantitative estimate of drug-likeness (QED) is 0.462. The van der Waals surface area contributed by atoms with E-state index in [2.05, 4.69) is 25.1 Å². The first-order valence-corrected chi connectivity index (χ1v) is 2.61. The molecule has 1 aliphatic carbocycles. The largest absolute Gasteiger partial charge is 0.305 e. The van der Waals surface area contributed by atoms with E-state index in [1.165, 1.54) is 13.0 Å². The van der Waals surface area contributed by atoms with Gasteiger partial charge in [-0.1, -0.05) is 11.6 Å². The molecule has 0 spiro atoms. The molecular weight excluding hydrogens is 86.1 g/mol. The van der Waals surface area contributed by atoms with Crippen LogP contribution in [0.5, 0.6) is 0 Å². The summed E-state index contributed by atoms with van der Waals surface area (Å²) in [4.78, 5) is 2.19. The van der Waals surface area contributed by atoms with Crippen LogP contribution in [0.25, 0.3) is 0 Å². The predicted molar refractivity (Wildman–Crippen MR) is 31.3 cm³/mol. The molecule has 0 aromatic heterocycles. The van der Waals surface area contributed by atoms with Gasteiger partial charge < -0.3 is 4.90 Å². The third-order valence-electron chi connectivity index (χ3n) is 1.01. The molecule has 0 aromatic carbocycles. The molecule has 0 fully saturated rings. The Hall–Kier alpha value is -0.300. The second-order valence-electron chi connectivity index (χ2n) is 2.30. The lowest BCUT2D eigenvalue weighted by Gasteiger charge is -2.03. The minimum atomic E-state index is 1.17. The van der Waals surface area contributed by atoms with Crippen LogP contribution < -0.4 is 0 Å². The second-order valence-corrected chi connectivity index (χ2v) is 2.30. The summed E-state index contributed by atoms with van der Waals surface area (Å²) >= 11 is 0. The molecule has 0 bridgehead atoms. The van der Waals surface area contributed by atoms with Crippen LogP contribution in [-0.2, 0) is 0 Å². The Balaban J connectivity index is 2.09. The second kappa shape index (κ2) is 1.66. The zero-order valence-corrected chi connectivity index (χ0v) is 4.94. The van der Waals surface area contributed by atoms with E-state index in [4.69, 9.17) is 0 Å². The van der Waals surface area contributed by atoms with Gasteiger partial charge in [0.15, 0.2) is 0 Å². The molecule has 1 heteroatoms. The van der Waals surface area contributed by atoms with Gasteiger partial charge in [0.1, 0.15) is 0 Å². The first-order chi connectivity index (χ1) is 3.29. The standard InChI is InChI=1S/C6H11N/c1-7(2)5-6-3-4-6/h3H,4-5H2,1-2H3. The molecule has 0 N–H and O–H groups in total. The van der Waals surface area contributed by atoms with Gasteiger partial charge in [-0.15, -0.1) is 0 Å². The molecule has 1 rings (SSSR count). The summed E-state index contributed by atoms with van der Waals surface area (Å²) in [7, 11) is 4.19. The zero-order valence-electron chi connectivity index (χ0n) is 4.94. The third-order valence-corrected chi connectivity index (χ3v) is 1.01. The number of rotatable bonds is 2. The fraction of sp³-hybridized carbons (Fsp3) is 0.667. The Kier molecular flexibility index (Phi) is 1.15. The summed E-state index contributed by atoms with van der Waals surface area (Å²) in [5.41, 5.74) is 1.59. The van der Waals surface area contributed by atoms with E-state index in [0.717, 1.165) is 0 Å². The maximum absolute atomic E-state index is 2.26. The fourth-order valence-corrected chi connectivity index (χ4v) is 0.607. The molecule has 0 amide bonds. The van der Waals surface area contributed by atoms with Crippen molar-refractivity contribution in [2.75, 3.05) is 20.6 Å². The lowest BCUT2D eigenvalue weighted by molar-refractivity contribution is 0.449. The van der Waals surface area contributed by atoms with Gasteiger partial charge >= 0.3 is 0 Å². The molecule has 1 aliphatic rings. The summed E-state index contributed by atoms with van der Waals surface area (Å²) in [5.74, 6) is 0. The van der Waals surface area contributed by atoms with E-state index >= 15 is 0 Å². The maximum Gasteiger partial charge on any atom is 0.0189 e. The summed E-state index contributed by atoms with van der Waals surface area (Å²) < 4.78 is 0. The predicted octanol–water partition coefficient (Wildman–Crippen LogP) is 0.878. The number of likely N-dealkylation sites (N-methyl/N-ethyl adjacent to an activating group) is 1. The van der Waals surface area contributed by atoms with E-state index in [9.17, 15) is 0 Å². The molecule has 0 radical (unpaired) electrons. The average Bonchev–Trinajstić information content (AvgIpc) is 2.17. The molecule has 0 aromatic rings. The van der Waals surface area contributed by atoms with Crippen molar-refractivity contribution in [3.8, 4) is 0 Å². The van der Waals surface area contributed by atoms with Crippen molar-refractivity contribution in [2.45, 2.75) is 6.42 Å². The van der Waals surface area contributed by atoms with Crippen molar-refractivity contribution in [1.82, 2.24) is 4.90 Å². The van der Waals surface area contributed by atoms with Gasteiger partial charge in [-0.05, 0) is 20.5 Å². The highest BCUT2D eigenvalue weighted by molar-refractivity contribution is 5.22. The van der Waals surface area contributed by atoms with Gasteiger partial charge in [0, 0.05) is 6.54 Å². The van der Waals surface area contributed by atoms with Crippen molar-refractivity contribution in [2.24, 2.45) is 0 Å². The topological polar surface area (TPSA) is 3.24 Å². The van der Waals surface area contributed by atoms with E-state index in [0.29, 0.717) is 0 Å². The molecular formula is C6H11N. The molecule has 0 heterocycles. The molecule has 0 aliphatic heterocycles. The van der Waals surface area contributed by atoms with Gasteiger partial charge in [-0.3, -0.25) is 0 Å². The lowest BCUT2D eigenvalue weighted by atomic mass is 10.5. The number of hydrogen-bond acceptors (Lipinski definition) is 1. The van der Waals surface area contributed by atoms with Gasteiger partial charge in [-0.2, -0.15) is 0 Å². The molecule has 7 heavy (non-hydrogen) atoms. The molecule has 0 unspecified atom stereocenters. The van der Waals surface area contributed by atoms with E-state index in [-0.39, 0.29) is 0 Å². The van der Waals surface area contributed by atoms with Crippen LogP contribution in [-0.4, -0.2) is 25.5 Å². The number of allylic oxidation sites excluding steroid dienone is 1. The summed E-state index contributed by atoms with van der Waals surface area (Å²) in [6.07, 6.45) is 3.53. The summed E-state index contributed by atoms with van der Waals surface area (Å²) in [6, 6.07) is 0. The summed E-state index contributed by atoms with van der Waals surface area (Å²) in [5, 5.41) is 0. The Morgan fingerprint density at radius 3 is 2.43 bits per heavy atom. The first kappa shape index (κ1) is 4.85. The third kappa shape index (κ3) is 1.74. The van der Waals surface area contributed by atoms with Gasteiger partial charge in [0.05, 0.1) is 0 Å². The van der Waals surface area contributed by atoms with Crippen LogP contribution >= 0.6 is 0 Å². The van der Waals surface area contributed by atoms with Gasteiger partial charge in [-0.25, -0.2) is 0 Å². The highest BCUT2D eigenvalue weighted by Gasteiger charge is 2.05. The van der Waals surface area contributed by atoms with Crippen LogP contribution in [0.4, 0.5) is 0 Å². The van der Waals surface area contributed by atoms with E-state index in [1.807, 2.05) is 0 Å². The van der Waals surface area contributed by atoms with Crippen molar-refractivity contribution >= 4 is 0 Å². The van der Waals surface area contributed by atoms with Crippen LogP contribution in [0, 0.1) is 0 Å². The normalized spacial score (nSPS) is 17.3. The van der Waals surface area contributed by atoms with Crippen molar-refractivity contribution in [3.63, 3.8) is 0 Å². The SMILES string of the molecule is CN(C)CC1=CC1. The van der Waals surface area contributed by atoms with Crippen molar-refractivity contribution in [3.05, 3.63) is 11.6 Å². The Bertz CT molecular complexity index is 92.4. The molecule has 0 atom stereocenters. The molecule has 0 saturated carbocycles. The van der Waals surface area contributed by atoms with Gasteiger partial charge in [0.2, 0.25) is 0 Å². The molecule has 40 valence electrons. The van der Waals surface area contributed by atoms with E-state index in [1.54, 1.807) is 5.57 Å². The highest BCUT2D eigenvalue weighted by atomic mass is 15.1. The zero-order chi connectivity index (χ0) is 5.28. The minimum absolute atomic E-state index is 1.17. The fourth-order valence-electron chi connectivity index (χ4n) is 0.607. The van der Waals surface area contributed by atoms with Crippen LogP contribution in [0.1, 0.15) is 6.42 Å².